The number of aromatic nitrogens is 1. The second kappa shape index (κ2) is 6.01. The first kappa shape index (κ1) is 13.1. The molecule has 1 aliphatic rings. The lowest BCUT2D eigenvalue weighted by atomic mass is 10.00. The first-order chi connectivity index (χ1) is 9.85. The number of aldehydes is 1. The molecule has 1 saturated heterocycles. The van der Waals surface area contributed by atoms with Crippen molar-refractivity contribution in [3.8, 4) is 11.3 Å². The van der Waals surface area contributed by atoms with Crippen LogP contribution in [0.1, 0.15) is 18.7 Å². The van der Waals surface area contributed by atoms with Crippen LogP contribution in [0.25, 0.3) is 11.3 Å². The molecule has 4 heteroatoms. The molecule has 0 aliphatic carbocycles. The minimum absolute atomic E-state index is 0.160. The van der Waals surface area contributed by atoms with E-state index in [-0.39, 0.29) is 5.92 Å². The predicted octanol–water partition coefficient (Wildman–Crippen LogP) is 2.75. The standard InChI is InChI=1S/C16H18N2O2/c19-12-13-5-4-8-18(10-13)11-16-17-9-15(20-16)14-6-2-1-3-7-14/h1-3,6-7,9,12-13H,4-5,8,10-11H2. The fourth-order valence-corrected chi connectivity index (χ4v) is 2.66. The van der Waals surface area contributed by atoms with Gasteiger partial charge in [0.1, 0.15) is 6.29 Å². The summed E-state index contributed by atoms with van der Waals surface area (Å²) in [5.41, 5.74) is 1.04. The predicted molar refractivity (Wildman–Crippen MR) is 76.0 cm³/mol. The summed E-state index contributed by atoms with van der Waals surface area (Å²) < 4.78 is 5.80. The third-order valence-electron chi connectivity index (χ3n) is 3.71. The normalized spacial score (nSPS) is 19.9. The summed E-state index contributed by atoms with van der Waals surface area (Å²) in [6.07, 6.45) is 4.90. The number of oxazole rings is 1. The Kier molecular flexibility index (Phi) is 3.92. The number of piperidine rings is 1. The smallest absolute Gasteiger partial charge is 0.209 e. The second-order valence-corrected chi connectivity index (χ2v) is 5.26. The zero-order valence-electron chi connectivity index (χ0n) is 11.4. The first-order valence-electron chi connectivity index (χ1n) is 7.03. The van der Waals surface area contributed by atoms with Gasteiger partial charge >= 0.3 is 0 Å². The van der Waals surface area contributed by atoms with Gasteiger partial charge in [-0.25, -0.2) is 4.98 Å². The number of carbonyl (C=O) groups is 1. The van der Waals surface area contributed by atoms with Crippen LogP contribution in [-0.2, 0) is 11.3 Å². The molecule has 0 radical (unpaired) electrons. The first-order valence-corrected chi connectivity index (χ1v) is 7.03. The number of benzene rings is 1. The average molecular weight is 270 g/mol. The van der Waals surface area contributed by atoms with Crippen LogP contribution < -0.4 is 0 Å². The molecule has 0 bridgehead atoms. The van der Waals surface area contributed by atoms with E-state index in [1.54, 1.807) is 6.20 Å². The molecule has 3 rings (SSSR count). The Hall–Kier alpha value is -1.94. The second-order valence-electron chi connectivity index (χ2n) is 5.26. The van der Waals surface area contributed by atoms with Crippen molar-refractivity contribution >= 4 is 6.29 Å². The third kappa shape index (κ3) is 2.96. The molecule has 0 saturated carbocycles. The largest absolute Gasteiger partial charge is 0.439 e. The summed E-state index contributed by atoms with van der Waals surface area (Å²) in [6.45, 7) is 2.50. The van der Waals surface area contributed by atoms with E-state index < -0.39 is 0 Å². The Bertz CT molecular complexity index is 565. The number of carbonyl (C=O) groups excluding carboxylic acids is 1. The molecule has 0 N–H and O–H groups in total. The van der Waals surface area contributed by atoms with Gasteiger partial charge < -0.3 is 9.21 Å². The molecular weight excluding hydrogens is 252 g/mol. The Balaban J connectivity index is 1.67. The van der Waals surface area contributed by atoms with Crippen molar-refractivity contribution in [2.24, 2.45) is 5.92 Å². The molecule has 1 aliphatic heterocycles. The molecule has 1 unspecified atom stereocenters. The van der Waals surface area contributed by atoms with E-state index in [1.807, 2.05) is 30.3 Å². The third-order valence-corrected chi connectivity index (χ3v) is 3.71. The van der Waals surface area contributed by atoms with E-state index in [0.717, 1.165) is 49.4 Å². The van der Waals surface area contributed by atoms with E-state index in [1.165, 1.54) is 0 Å². The molecule has 104 valence electrons. The molecule has 1 atom stereocenters. The molecule has 0 spiro atoms. The van der Waals surface area contributed by atoms with Crippen molar-refractivity contribution < 1.29 is 9.21 Å². The maximum absolute atomic E-state index is 10.9. The lowest BCUT2D eigenvalue weighted by Crippen LogP contribution is -2.35. The molecule has 2 aromatic rings. The highest BCUT2D eigenvalue weighted by atomic mass is 16.4. The Labute approximate surface area is 118 Å². The Morgan fingerprint density at radius 3 is 3.00 bits per heavy atom. The summed E-state index contributed by atoms with van der Waals surface area (Å²) in [7, 11) is 0. The van der Waals surface area contributed by atoms with Crippen LogP contribution in [0.3, 0.4) is 0 Å². The minimum atomic E-state index is 0.160. The Morgan fingerprint density at radius 2 is 2.20 bits per heavy atom. The SMILES string of the molecule is O=CC1CCCN(Cc2ncc(-c3ccccc3)o2)C1. The van der Waals surface area contributed by atoms with E-state index >= 15 is 0 Å². The van der Waals surface area contributed by atoms with Crippen LogP contribution in [0.2, 0.25) is 0 Å². The molecule has 2 heterocycles. The van der Waals surface area contributed by atoms with Gasteiger partial charge in [0.2, 0.25) is 5.89 Å². The zero-order chi connectivity index (χ0) is 13.8. The van der Waals surface area contributed by atoms with Gasteiger partial charge in [0.15, 0.2) is 5.76 Å². The van der Waals surface area contributed by atoms with Crippen molar-refractivity contribution in [1.82, 2.24) is 9.88 Å². The lowest BCUT2D eigenvalue weighted by Gasteiger charge is -2.28. The van der Waals surface area contributed by atoms with Crippen LogP contribution in [0, 0.1) is 5.92 Å². The van der Waals surface area contributed by atoms with Gasteiger partial charge in [-0.15, -0.1) is 0 Å². The van der Waals surface area contributed by atoms with Crippen molar-refractivity contribution in [3.05, 3.63) is 42.4 Å². The average Bonchev–Trinajstić information content (AvgIpc) is 2.97. The fourth-order valence-electron chi connectivity index (χ4n) is 2.66. The summed E-state index contributed by atoms with van der Waals surface area (Å²) in [5.74, 6) is 1.67. The summed E-state index contributed by atoms with van der Waals surface area (Å²) in [5, 5.41) is 0. The van der Waals surface area contributed by atoms with Crippen molar-refractivity contribution in [1.29, 1.82) is 0 Å². The van der Waals surface area contributed by atoms with Gasteiger partial charge in [-0.1, -0.05) is 30.3 Å². The number of nitrogens with zero attached hydrogens (tertiary/aromatic N) is 2. The topological polar surface area (TPSA) is 46.3 Å². The van der Waals surface area contributed by atoms with Gasteiger partial charge in [0.05, 0.1) is 12.7 Å². The molecule has 1 aromatic carbocycles. The van der Waals surface area contributed by atoms with Crippen molar-refractivity contribution in [3.63, 3.8) is 0 Å². The number of hydrogen-bond donors (Lipinski definition) is 0. The molecular formula is C16H18N2O2. The maximum Gasteiger partial charge on any atom is 0.209 e. The van der Waals surface area contributed by atoms with Gasteiger partial charge in [-0.2, -0.15) is 0 Å². The summed E-state index contributed by atoms with van der Waals surface area (Å²) >= 11 is 0. The van der Waals surface area contributed by atoms with Crippen molar-refractivity contribution in [2.75, 3.05) is 13.1 Å². The minimum Gasteiger partial charge on any atom is -0.439 e. The quantitative estimate of drug-likeness (QED) is 0.801. The number of hydrogen-bond acceptors (Lipinski definition) is 4. The molecule has 1 aromatic heterocycles. The van der Waals surface area contributed by atoms with Crippen LogP contribution in [0.5, 0.6) is 0 Å². The van der Waals surface area contributed by atoms with E-state index in [0.29, 0.717) is 6.54 Å². The van der Waals surface area contributed by atoms with Gasteiger partial charge in [-0.3, -0.25) is 4.90 Å². The fraction of sp³-hybridized carbons (Fsp3) is 0.375. The highest BCUT2D eigenvalue weighted by Crippen LogP contribution is 2.22. The molecule has 0 amide bonds. The molecule has 4 nitrogen and oxygen atoms in total. The van der Waals surface area contributed by atoms with Crippen LogP contribution in [-0.4, -0.2) is 29.3 Å². The molecule has 1 fully saturated rings. The van der Waals surface area contributed by atoms with Gasteiger partial charge in [-0.05, 0) is 19.4 Å². The van der Waals surface area contributed by atoms with Crippen LogP contribution in [0.15, 0.2) is 40.9 Å². The number of likely N-dealkylation sites (tertiary alicyclic amines) is 1. The summed E-state index contributed by atoms with van der Waals surface area (Å²) in [6, 6.07) is 9.96. The maximum atomic E-state index is 10.9. The van der Waals surface area contributed by atoms with E-state index in [9.17, 15) is 4.79 Å². The van der Waals surface area contributed by atoms with Crippen LogP contribution >= 0.6 is 0 Å². The monoisotopic (exact) mass is 270 g/mol. The van der Waals surface area contributed by atoms with Crippen LogP contribution in [0.4, 0.5) is 0 Å². The summed E-state index contributed by atoms with van der Waals surface area (Å²) in [4.78, 5) is 17.5. The highest BCUT2D eigenvalue weighted by Gasteiger charge is 2.20. The Morgan fingerprint density at radius 1 is 1.35 bits per heavy atom. The zero-order valence-corrected chi connectivity index (χ0v) is 11.4. The van der Waals surface area contributed by atoms with Gasteiger partial charge in [0.25, 0.3) is 0 Å². The lowest BCUT2D eigenvalue weighted by molar-refractivity contribution is -0.112. The highest BCUT2D eigenvalue weighted by molar-refractivity contribution is 5.55. The van der Waals surface area contributed by atoms with Gasteiger partial charge in [0, 0.05) is 18.0 Å². The number of rotatable bonds is 4. The van der Waals surface area contributed by atoms with Crippen molar-refractivity contribution in [2.45, 2.75) is 19.4 Å². The van der Waals surface area contributed by atoms with E-state index in [2.05, 4.69) is 9.88 Å². The van der Waals surface area contributed by atoms with E-state index in [4.69, 9.17) is 4.42 Å². The molecule has 20 heavy (non-hydrogen) atoms.